The van der Waals surface area contributed by atoms with Crippen molar-refractivity contribution in [1.82, 2.24) is 10.2 Å². The molecule has 0 aliphatic carbocycles. The Hall–Kier alpha value is -1.35. The van der Waals surface area contributed by atoms with E-state index in [1.165, 1.54) is 11.1 Å². The lowest BCUT2D eigenvalue weighted by atomic mass is 10.0. The lowest BCUT2D eigenvalue weighted by Gasteiger charge is -2.22. The monoisotopic (exact) mass is 234 g/mol. The molecule has 17 heavy (non-hydrogen) atoms. The zero-order chi connectivity index (χ0) is 13.0. The highest BCUT2D eigenvalue weighted by atomic mass is 16.2. The summed E-state index contributed by atoms with van der Waals surface area (Å²) in [4.78, 5) is 13.4. The first-order chi connectivity index (χ1) is 7.91. The van der Waals surface area contributed by atoms with Crippen LogP contribution in [-0.2, 0) is 4.79 Å². The van der Waals surface area contributed by atoms with Crippen LogP contribution < -0.4 is 5.32 Å². The molecule has 0 aliphatic rings. The summed E-state index contributed by atoms with van der Waals surface area (Å²) in [6.45, 7) is 6.05. The van der Waals surface area contributed by atoms with Crippen molar-refractivity contribution in [1.29, 1.82) is 0 Å². The van der Waals surface area contributed by atoms with E-state index in [2.05, 4.69) is 37.4 Å². The van der Waals surface area contributed by atoms with Gasteiger partial charge in [-0.1, -0.05) is 29.8 Å². The quantitative estimate of drug-likeness (QED) is 0.865. The van der Waals surface area contributed by atoms with Crippen LogP contribution in [0.25, 0.3) is 0 Å². The third-order valence-electron chi connectivity index (χ3n) is 2.85. The van der Waals surface area contributed by atoms with Gasteiger partial charge in [-0.2, -0.15) is 0 Å². The molecule has 3 nitrogen and oxygen atoms in total. The average molecular weight is 234 g/mol. The Balaban J connectivity index is 2.66. The van der Waals surface area contributed by atoms with Crippen LogP contribution in [0, 0.1) is 6.92 Å². The summed E-state index contributed by atoms with van der Waals surface area (Å²) in [5, 5.41) is 3.31. The first-order valence-electron chi connectivity index (χ1n) is 5.95. The second-order valence-corrected chi connectivity index (χ2v) is 4.76. The molecule has 1 aromatic rings. The molecule has 0 aromatic heterocycles. The van der Waals surface area contributed by atoms with Gasteiger partial charge in [0.05, 0.1) is 6.04 Å². The summed E-state index contributed by atoms with van der Waals surface area (Å²) in [6.07, 6.45) is 0. The van der Waals surface area contributed by atoms with Crippen molar-refractivity contribution in [3.8, 4) is 0 Å². The van der Waals surface area contributed by atoms with Crippen LogP contribution in [0.2, 0.25) is 0 Å². The van der Waals surface area contributed by atoms with E-state index < -0.39 is 0 Å². The lowest BCUT2D eigenvalue weighted by Crippen LogP contribution is -2.42. The summed E-state index contributed by atoms with van der Waals surface area (Å²) in [5.41, 5.74) is 2.45. The summed E-state index contributed by atoms with van der Waals surface area (Å²) in [6, 6.07) is 8.35. The Morgan fingerprint density at radius 2 is 1.94 bits per heavy atom. The molecule has 1 N–H and O–H groups in total. The van der Waals surface area contributed by atoms with Gasteiger partial charge in [0.2, 0.25) is 5.91 Å². The fourth-order valence-electron chi connectivity index (χ4n) is 1.87. The van der Waals surface area contributed by atoms with Crippen LogP contribution in [0.5, 0.6) is 0 Å². The smallest absolute Gasteiger partial charge is 0.238 e. The van der Waals surface area contributed by atoms with Gasteiger partial charge < -0.3 is 4.90 Å². The number of nitrogens with one attached hydrogen (secondary N) is 1. The highest BCUT2D eigenvalue weighted by Crippen LogP contribution is 2.14. The molecule has 0 fully saturated rings. The standard InChI is InChI=1S/C14H22N2O/c1-10-7-6-8-13(9-10)11(2)15-12(3)14(17)16(4)5/h6-9,11-12,15H,1-5H3/t11-,12?/m1/s1. The van der Waals surface area contributed by atoms with Gasteiger partial charge in [-0.25, -0.2) is 0 Å². The summed E-state index contributed by atoms with van der Waals surface area (Å²) in [7, 11) is 3.55. The SMILES string of the molecule is Cc1cccc([C@@H](C)NC(C)C(=O)N(C)C)c1. The Kier molecular flexibility index (Phi) is 4.70. The van der Waals surface area contributed by atoms with Crippen molar-refractivity contribution in [2.24, 2.45) is 0 Å². The number of rotatable bonds is 4. The zero-order valence-electron chi connectivity index (χ0n) is 11.3. The number of carbonyl (C=O) groups excluding carboxylic acids is 1. The fraction of sp³-hybridized carbons (Fsp3) is 0.500. The van der Waals surface area contributed by atoms with Gasteiger partial charge >= 0.3 is 0 Å². The van der Waals surface area contributed by atoms with Crippen molar-refractivity contribution >= 4 is 5.91 Å². The highest BCUT2D eigenvalue weighted by Gasteiger charge is 2.17. The second kappa shape index (κ2) is 5.82. The van der Waals surface area contributed by atoms with E-state index in [-0.39, 0.29) is 18.0 Å². The van der Waals surface area contributed by atoms with Crippen LogP contribution in [0.15, 0.2) is 24.3 Å². The number of likely N-dealkylation sites (N-methyl/N-ethyl adjacent to an activating group) is 1. The minimum Gasteiger partial charge on any atom is -0.347 e. The van der Waals surface area contributed by atoms with E-state index in [0.29, 0.717) is 0 Å². The average Bonchev–Trinajstić information content (AvgIpc) is 2.27. The van der Waals surface area contributed by atoms with E-state index in [4.69, 9.17) is 0 Å². The van der Waals surface area contributed by atoms with Crippen LogP contribution in [0.3, 0.4) is 0 Å². The van der Waals surface area contributed by atoms with Gasteiger partial charge in [-0.15, -0.1) is 0 Å². The first-order valence-corrected chi connectivity index (χ1v) is 5.95. The number of amides is 1. The third kappa shape index (κ3) is 3.86. The van der Waals surface area contributed by atoms with Crippen LogP contribution in [-0.4, -0.2) is 30.9 Å². The molecule has 0 aliphatic heterocycles. The Morgan fingerprint density at radius 3 is 2.47 bits per heavy atom. The lowest BCUT2D eigenvalue weighted by molar-refractivity contribution is -0.130. The number of carbonyl (C=O) groups is 1. The molecular weight excluding hydrogens is 212 g/mol. The van der Waals surface area contributed by atoms with E-state index in [1.807, 2.05) is 13.0 Å². The maximum Gasteiger partial charge on any atom is 0.238 e. The van der Waals surface area contributed by atoms with Crippen LogP contribution in [0.1, 0.15) is 31.0 Å². The molecule has 2 atom stereocenters. The third-order valence-corrected chi connectivity index (χ3v) is 2.85. The molecule has 0 radical (unpaired) electrons. The van der Waals surface area contributed by atoms with Gasteiger partial charge in [-0.05, 0) is 26.3 Å². The number of nitrogens with zero attached hydrogens (tertiary/aromatic N) is 1. The predicted molar refractivity (Wildman–Crippen MR) is 70.9 cm³/mol. The molecule has 1 amide bonds. The maximum absolute atomic E-state index is 11.7. The summed E-state index contributed by atoms with van der Waals surface area (Å²) >= 11 is 0. The zero-order valence-corrected chi connectivity index (χ0v) is 11.3. The first kappa shape index (κ1) is 13.7. The maximum atomic E-state index is 11.7. The Morgan fingerprint density at radius 1 is 1.29 bits per heavy atom. The largest absolute Gasteiger partial charge is 0.347 e. The fourth-order valence-corrected chi connectivity index (χ4v) is 1.87. The number of benzene rings is 1. The Labute approximate surface area is 104 Å². The topological polar surface area (TPSA) is 32.3 Å². The van der Waals surface area contributed by atoms with Crippen LogP contribution >= 0.6 is 0 Å². The van der Waals surface area contributed by atoms with Crippen molar-refractivity contribution < 1.29 is 4.79 Å². The minimum atomic E-state index is -0.166. The molecule has 3 heteroatoms. The molecule has 0 spiro atoms. The van der Waals surface area contributed by atoms with Gasteiger partial charge in [0.25, 0.3) is 0 Å². The van der Waals surface area contributed by atoms with E-state index in [0.717, 1.165) is 0 Å². The van der Waals surface area contributed by atoms with Gasteiger partial charge in [0.15, 0.2) is 0 Å². The molecule has 0 bridgehead atoms. The number of hydrogen-bond donors (Lipinski definition) is 1. The number of hydrogen-bond acceptors (Lipinski definition) is 2. The molecule has 0 heterocycles. The second-order valence-electron chi connectivity index (χ2n) is 4.76. The van der Waals surface area contributed by atoms with Crippen LogP contribution in [0.4, 0.5) is 0 Å². The Bertz CT molecular complexity index is 388. The molecule has 1 unspecified atom stereocenters. The molecule has 1 rings (SSSR count). The molecule has 94 valence electrons. The normalized spacial score (nSPS) is 14.2. The molecule has 0 saturated heterocycles. The van der Waals surface area contributed by atoms with E-state index >= 15 is 0 Å². The minimum absolute atomic E-state index is 0.101. The van der Waals surface area contributed by atoms with Crippen molar-refractivity contribution in [3.05, 3.63) is 35.4 Å². The van der Waals surface area contributed by atoms with Gasteiger partial charge in [-0.3, -0.25) is 10.1 Å². The van der Waals surface area contributed by atoms with Crippen molar-refractivity contribution in [2.45, 2.75) is 32.9 Å². The van der Waals surface area contributed by atoms with E-state index in [9.17, 15) is 4.79 Å². The highest BCUT2D eigenvalue weighted by molar-refractivity contribution is 5.80. The molecule has 1 aromatic carbocycles. The predicted octanol–water partition coefficient (Wildman–Crippen LogP) is 2.12. The van der Waals surface area contributed by atoms with Crippen molar-refractivity contribution in [3.63, 3.8) is 0 Å². The number of aryl methyl sites for hydroxylation is 1. The summed E-state index contributed by atoms with van der Waals surface area (Å²) in [5.74, 6) is 0.101. The van der Waals surface area contributed by atoms with Crippen molar-refractivity contribution in [2.75, 3.05) is 14.1 Å². The van der Waals surface area contributed by atoms with E-state index in [1.54, 1.807) is 19.0 Å². The molecule has 0 saturated carbocycles. The van der Waals surface area contributed by atoms with Gasteiger partial charge in [0.1, 0.15) is 0 Å². The summed E-state index contributed by atoms with van der Waals surface area (Å²) < 4.78 is 0. The van der Waals surface area contributed by atoms with Gasteiger partial charge in [0, 0.05) is 20.1 Å². The molecular formula is C14H22N2O.